The topological polar surface area (TPSA) is 3.24 Å². The predicted octanol–water partition coefficient (Wildman–Crippen LogP) is 3.42. The third kappa shape index (κ3) is 2.47. The third-order valence-corrected chi connectivity index (χ3v) is 5.26. The zero-order chi connectivity index (χ0) is 11.0. The monoisotopic (exact) mass is 253 g/mol. The van der Waals surface area contributed by atoms with Crippen LogP contribution in [0, 0.1) is 5.41 Å². The molecule has 16 heavy (non-hydrogen) atoms. The summed E-state index contributed by atoms with van der Waals surface area (Å²) in [6.07, 6.45) is 5.60. The molecule has 0 radical (unpaired) electrons. The highest BCUT2D eigenvalue weighted by Gasteiger charge is 2.44. The Bertz CT molecular complexity index is 339. The first kappa shape index (κ1) is 11.1. The Kier molecular flexibility index (Phi) is 3.03. The van der Waals surface area contributed by atoms with Crippen molar-refractivity contribution in [3.8, 4) is 0 Å². The van der Waals surface area contributed by atoms with Crippen molar-refractivity contribution in [2.24, 2.45) is 5.41 Å². The number of hydrogen-bond donors (Lipinski definition) is 1. The summed E-state index contributed by atoms with van der Waals surface area (Å²) in [5.74, 6) is 1.07. The molecule has 2 aliphatic rings. The van der Waals surface area contributed by atoms with Crippen molar-refractivity contribution in [2.45, 2.75) is 38.3 Å². The van der Waals surface area contributed by atoms with Crippen molar-refractivity contribution in [1.82, 2.24) is 4.90 Å². The van der Waals surface area contributed by atoms with Gasteiger partial charge < -0.3 is 0 Å². The van der Waals surface area contributed by atoms with Gasteiger partial charge in [-0.15, -0.1) is 0 Å². The molecule has 0 amide bonds. The van der Waals surface area contributed by atoms with Gasteiger partial charge in [0.05, 0.1) is 0 Å². The van der Waals surface area contributed by atoms with Crippen LogP contribution in [-0.2, 0) is 6.54 Å². The molecule has 0 aliphatic heterocycles. The van der Waals surface area contributed by atoms with E-state index in [0.29, 0.717) is 5.41 Å². The summed E-state index contributed by atoms with van der Waals surface area (Å²) in [4.78, 5) is 2.70. The molecule has 0 N–H and O–H groups in total. The van der Waals surface area contributed by atoms with Crippen LogP contribution in [0.2, 0.25) is 0 Å². The minimum atomic E-state index is 0.571. The first-order chi connectivity index (χ1) is 7.81. The fourth-order valence-electron chi connectivity index (χ4n) is 2.34. The summed E-state index contributed by atoms with van der Waals surface area (Å²) < 4.78 is 0. The molecular weight excluding hydrogens is 234 g/mol. The summed E-state index contributed by atoms with van der Waals surface area (Å²) in [5.41, 5.74) is 2.06. The van der Waals surface area contributed by atoms with Gasteiger partial charge in [0, 0.05) is 19.1 Å². The predicted molar refractivity (Wildman–Crippen MR) is 73.3 cm³/mol. The van der Waals surface area contributed by atoms with Crippen molar-refractivity contribution < 1.29 is 0 Å². The lowest BCUT2D eigenvalue weighted by molar-refractivity contribution is 0.212. The van der Waals surface area contributed by atoms with Gasteiger partial charge in [-0.05, 0) is 59.2 Å². The zero-order valence-corrected chi connectivity index (χ0v) is 11.3. The van der Waals surface area contributed by atoms with Crippen molar-refractivity contribution in [3.05, 3.63) is 22.4 Å². The van der Waals surface area contributed by atoms with E-state index in [1.54, 1.807) is 0 Å². The smallest absolute Gasteiger partial charge is 0.0245 e. The van der Waals surface area contributed by atoms with Crippen LogP contribution >= 0.6 is 24.0 Å². The van der Waals surface area contributed by atoms with Crippen LogP contribution in [0.4, 0.5) is 0 Å². The van der Waals surface area contributed by atoms with Crippen molar-refractivity contribution >= 4 is 24.0 Å². The maximum absolute atomic E-state index is 4.52. The molecule has 1 nitrogen and oxygen atoms in total. The second-order valence-electron chi connectivity index (χ2n) is 5.43. The van der Waals surface area contributed by atoms with E-state index in [1.165, 1.54) is 37.8 Å². The fraction of sp³-hybridized carbons (Fsp3) is 0.692. The van der Waals surface area contributed by atoms with Crippen LogP contribution in [-0.4, -0.2) is 23.2 Å². The van der Waals surface area contributed by atoms with Crippen LogP contribution in [0.5, 0.6) is 0 Å². The lowest BCUT2D eigenvalue weighted by atomic mass is 10.1. The van der Waals surface area contributed by atoms with Gasteiger partial charge in [0.2, 0.25) is 0 Å². The van der Waals surface area contributed by atoms with E-state index in [4.69, 9.17) is 0 Å². The van der Waals surface area contributed by atoms with Crippen molar-refractivity contribution in [2.75, 3.05) is 12.3 Å². The molecule has 0 saturated heterocycles. The molecule has 2 saturated carbocycles. The van der Waals surface area contributed by atoms with Gasteiger partial charge in [-0.2, -0.15) is 24.0 Å². The first-order valence-electron chi connectivity index (χ1n) is 6.17. The number of thiophene rings is 1. The average molecular weight is 253 g/mol. The third-order valence-electron chi connectivity index (χ3n) is 3.86. The number of nitrogens with zero attached hydrogens (tertiary/aromatic N) is 1. The first-order valence-corrected chi connectivity index (χ1v) is 7.75. The van der Waals surface area contributed by atoms with Gasteiger partial charge in [-0.3, -0.25) is 4.90 Å². The Morgan fingerprint density at radius 2 is 2.25 bits per heavy atom. The van der Waals surface area contributed by atoms with Gasteiger partial charge in [0.1, 0.15) is 0 Å². The maximum Gasteiger partial charge on any atom is 0.0245 e. The summed E-state index contributed by atoms with van der Waals surface area (Å²) in [6, 6.07) is 3.14. The summed E-state index contributed by atoms with van der Waals surface area (Å²) >= 11 is 6.33. The Balaban J connectivity index is 1.63. The molecule has 0 spiro atoms. The second kappa shape index (κ2) is 4.35. The Morgan fingerprint density at radius 3 is 2.75 bits per heavy atom. The number of thiol groups is 1. The van der Waals surface area contributed by atoms with Gasteiger partial charge in [0.25, 0.3) is 0 Å². The molecule has 1 aromatic rings. The minimum Gasteiger partial charge on any atom is -0.296 e. The van der Waals surface area contributed by atoms with E-state index >= 15 is 0 Å². The average Bonchev–Trinajstić information content (AvgIpc) is 3.20. The lowest BCUT2D eigenvalue weighted by Crippen LogP contribution is -2.32. The van der Waals surface area contributed by atoms with Crippen LogP contribution in [0.1, 0.15) is 31.2 Å². The maximum atomic E-state index is 4.52. The lowest BCUT2D eigenvalue weighted by Gasteiger charge is -2.26. The largest absolute Gasteiger partial charge is 0.296 e. The summed E-state index contributed by atoms with van der Waals surface area (Å²) in [7, 11) is 0. The van der Waals surface area contributed by atoms with E-state index in [-0.39, 0.29) is 0 Å². The van der Waals surface area contributed by atoms with Crippen LogP contribution < -0.4 is 0 Å². The minimum absolute atomic E-state index is 0.571. The highest BCUT2D eigenvalue weighted by Crippen LogP contribution is 2.48. The molecule has 0 unspecified atom stereocenters. The summed E-state index contributed by atoms with van der Waals surface area (Å²) in [6.45, 7) is 2.43. The fourth-order valence-corrected chi connectivity index (χ4v) is 3.42. The van der Waals surface area contributed by atoms with Gasteiger partial charge in [0.15, 0.2) is 0 Å². The standard InChI is InChI=1S/C13H19NS2/c15-10-13(4-5-13)9-14(12-1-2-12)7-11-3-6-16-8-11/h3,6,8,12,15H,1-2,4-5,7,9-10H2. The summed E-state index contributed by atoms with van der Waals surface area (Å²) in [5, 5.41) is 4.47. The van der Waals surface area contributed by atoms with Gasteiger partial charge in [-0.1, -0.05) is 0 Å². The van der Waals surface area contributed by atoms with E-state index < -0.39 is 0 Å². The Labute approximate surface area is 107 Å². The van der Waals surface area contributed by atoms with Gasteiger partial charge >= 0.3 is 0 Å². The van der Waals surface area contributed by atoms with Crippen molar-refractivity contribution in [3.63, 3.8) is 0 Å². The molecule has 1 heterocycles. The Hall–Kier alpha value is 0.01000. The van der Waals surface area contributed by atoms with Crippen LogP contribution in [0.3, 0.4) is 0 Å². The molecule has 2 aliphatic carbocycles. The van der Waals surface area contributed by atoms with Gasteiger partial charge in [-0.25, -0.2) is 0 Å². The molecular formula is C13H19NS2. The quantitative estimate of drug-likeness (QED) is 0.760. The van der Waals surface area contributed by atoms with E-state index in [1.807, 2.05) is 11.3 Å². The molecule has 0 aromatic carbocycles. The van der Waals surface area contributed by atoms with E-state index in [0.717, 1.165) is 18.3 Å². The number of rotatable bonds is 6. The molecule has 3 rings (SSSR count). The van der Waals surface area contributed by atoms with Crippen molar-refractivity contribution in [1.29, 1.82) is 0 Å². The molecule has 0 bridgehead atoms. The van der Waals surface area contributed by atoms with E-state index in [2.05, 4.69) is 34.4 Å². The molecule has 0 atom stereocenters. The zero-order valence-electron chi connectivity index (χ0n) is 9.56. The molecule has 1 aromatic heterocycles. The molecule has 88 valence electrons. The Morgan fingerprint density at radius 1 is 1.44 bits per heavy atom. The molecule has 2 fully saturated rings. The number of hydrogen-bond acceptors (Lipinski definition) is 3. The van der Waals surface area contributed by atoms with E-state index in [9.17, 15) is 0 Å². The molecule has 3 heteroatoms. The highest BCUT2D eigenvalue weighted by atomic mass is 32.1. The SMILES string of the molecule is SCC1(CN(Cc2ccsc2)C2CC2)CC1. The highest BCUT2D eigenvalue weighted by molar-refractivity contribution is 7.80. The van der Waals surface area contributed by atoms with Crippen LogP contribution in [0.15, 0.2) is 16.8 Å². The van der Waals surface area contributed by atoms with Crippen LogP contribution in [0.25, 0.3) is 0 Å². The normalized spacial score (nSPS) is 22.6. The second-order valence-corrected chi connectivity index (χ2v) is 6.52.